The van der Waals surface area contributed by atoms with Crippen LogP contribution in [-0.4, -0.2) is 36.6 Å². The summed E-state index contributed by atoms with van der Waals surface area (Å²) in [5.41, 5.74) is 0. The third-order valence-electron chi connectivity index (χ3n) is 2.42. The average molecular weight is 241 g/mol. The molecule has 0 aromatic rings. The maximum absolute atomic E-state index is 11.7. The van der Waals surface area contributed by atoms with E-state index >= 15 is 0 Å². The Labute approximate surface area is 90.8 Å². The molecule has 94 valence electrons. The first kappa shape index (κ1) is 13.1. The number of carbonyl (C=O) groups excluding carboxylic acids is 1. The highest BCUT2D eigenvalue weighted by Gasteiger charge is 2.30. The molecule has 2 unspecified atom stereocenters. The zero-order valence-corrected chi connectivity index (χ0v) is 8.59. The smallest absolute Gasteiger partial charge is 0.422 e. The predicted octanol–water partition coefficient (Wildman–Crippen LogP) is 1.44. The van der Waals surface area contributed by atoms with Gasteiger partial charge in [-0.15, -0.1) is 0 Å². The van der Waals surface area contributed by atoms with Crippen LogP contribution in [0, 0.1) is 5.92 Å². The molecule has 1 aliphatic carbocycles. The summed E-state index contributed by atoms with van der Waals surface area (Å²) in [6, 6.07) is 0. The molecule has 7 heteroatoms. The van der Waals surface area contributed by atoms with E-state index in [-0.39, 0.29) is 18.6 Å². The fourth-order valence-electron chi connectivity index (χ4n) is 1.66. The molecule has 0 bridgehead atoms. The van der Waals surface area contributed by atoms with Crippen molar-refractivity contribution in [1.29, 1.82) is 0 Å². The lowest BCUT2D eigenvalue weighted by atomic mass is 10.1. The summed E-state index contributed by atoms with van der Waals surface area (Å²) in [5.74, 6) is 0.119. The molecule has 0 aliphatic heterocycles. The number of nitrogens with one attached hydrogen (secondary N) is 1. The Kier molecular flexibility index (Phi) is 4.40. The van der Waals surface area contributed by atoms with Crippen molar-refractivity contribution >= 4 is 6.09 Å². The molecule has 0 spiro atoms. The molecule has 0 aromatic heterocycles. The molecule has 0 aromatic carbocycles. The molecule has 0 radical (unpaired) electrons. The topological polar surface area (TPSA) is 58.6 Å². The molecule has 1 amide bonds. The zero-order valence-electron chi connectivity index (χ0n) is 8.59. The summed E-state index contributed by atoms with van der Waals surface area (Å²) in [6.45, 7) is -1.33. The number of aliphatic hydroxyl groups excluding tert-OH is 1. The van der Waals surface area contributed by atoms with Crippen molar-refractivity contribution in [2.75, 3.05) is 13.2 Å². The quantitative estimate of drug-likeness (QED) is 0.786. The van der Waals surface area contributed by atoms with Crippen LogP contribution in [0.3, 0.4) is 0 Å². The molecule has 1 aliphatic rings. The van der Waals surface area contributed by atoms with Gasteiger partial charge in [0.15, 0.2) is 6.61 Å². The number of alkyl halides is 3. The fraction of sp³-hybridized carbons (Fsp3) is 0.889. The third kappa shape index (κ3) is 5.20. The molecule has 4 nitrogen and oxygen atoms in total. The molecule has 2 N–H and O–H groups in total. The van der Waals surface area contributed by atoms with E-state index in [1.807, 2.05) is 0 Å². The Hall–Kier alpha value is -0.980. The predicted molar refractivity (Wildman–Crippen MR) is 48.8 cm³/mol. The van der Waals surface area contributed by atoms with Crippen LogP contribution in [0.25, 0.3) is 0 Å². The number of rotatable bonds is 3. The minimum Gasteiger partial charge on any atom is -0.440 e. The number of amides is 1. The van der Waals surface area contributed by atoms with Gasteiger partial charge in [0, 0.05) is 6.54 Å². The van der Waals surface area contributed by atoms with Crippen LogP contribution >= 0.6 is 0 Å². The fourth-order valence-corrected chi connectivity index (χ4v) is 1.66. The summed E-state index contributed by atoms with van der Waals surface area (Å²) in [7, 11) is 0. The number of aliphatic hydroxyl groups is 1. The second-order valence-corrected chi connectivity index (χ2v) is 3.91. The number of hydrogen-bond acceptors (Lipinski definition) is 3. The van der Waals surface area contributed by atoms with Crippen molar-refractivity contribution in [3.8, 4) is 0 Å². The largest absolute Gasteiger partial charge is 0.440 e. The Morgan fingerprint density at radius 2 is 2.12 bits per heavy atom. The van der Waals surface area contributed by atoms with E-state index < -0.39 is 18.9 Å². The maximum Gasteiger partial charge on any atom is 0.422 e. The number of halogens is 3. The summed E-state index contributed by atoms with van der Waals surface area (Å²) >= 11 is 0. The highest BCUT2D eigenvalue weighted by molar-refractivity contribution is 5.67. The second kappa shape index (κ2) is 5.38. The van der Waals surface area contributed by atoms with Crippen LogP contribution < -0.4 is 5.32 Å². The third-order valence-corrected chi connectivity index (χ3v) is 2.42. The Balaban J connectivity index is 2.11. The van der Waals surface area contributed by atoms with Gasteiger partial charge >= 0.3 is 12.3 Å². The van der Waals surface area contributed by atoms with E-state index in [1.165, 1.54) is 0 Å². The Bertz CT molecular complexity index is 245. The van der Waals surface area contributed by atoms with E-state index in [0.717, 1.165) is 6.42 Å². The van der Waals surface area contributed by atoms with Gasteiger partial charge in [-0.1, -0.05) is 0 Å². The highest BCUT2D eigenvalue weighted by atomic mass is 19.4. The summed E-state index contributed by atoms with van der Waals surface area (Å²) in [4.78, 5) is 10.8. The van der Waals surface area contributed by atoms with Crippen molar-refractivity contribution in [2.24, 2.45) is 5.92 Å². The molecule has 1 saturated carbocycles. The van der Waals surface area contributed by atoms with Gasteiger partial charge in [0.1, 0.15) is 0 Å². The first-order valence-electron chi connectivity index (χ1n) is 5.02. The summed E-state index contributed by atoms with van der Waals surface area (Å²) in [5, 5.41) is 11.4. The number of carbonyl (C=O) groups is 1. The molecule has 1 fully saturated rings. The van der Waals surface area contributed by atoms with Gasteiger partial charge in [-0.2, -0.15) is 13.2 Å². The van der Waals surface area contributed by atoms with Crippen LogP contribution in [-0.2, 0) is 4.74 Å². The first-order chi connectivity index (χ1) is 7.37. The van der Waals surface area contributed by atoms with Crippen molar-refractivity contribution < 1.29 is 27.8 Å². The zero-order chi connectivity index (χ0) is 12.2. The normalized spacial score (nSPS) is 25.5. The monoisotopic (exact) mass is 241 g/mol. The van der Waals surface area contributed by atoms with Crippen molar-refractivity contribution in [3.05, 3.63) is 0 Å². The van der Waals surface area contributed by atoms with Crippen LogP contribution in [0.4, 0.5) is 18.0 Å². The Morgan fingerprint density at radius 1 is 1.44 bits per heavy atom. The molecule has 1 rings (SSSR count). The standard InChI is InChI=1S/C9H14F3NO3/c10-9(11,12)5-16-8(15)13-4-6-1-2-7(14)3-6/h6-7,14H,1-5H2,(H,13,15). The van der Waals surface area contributed by atoms with Crippen LogP contribution in [0.2, 0.25) is 0 Å². The molecule has 0 heterocycles. The Morgan fingerprint density at radius 3 is 2.62 bits per heavy atom. The van der Waals surface area contributed by atoms with E-state index in [9.17, 15) is 23.1 Å². The summed E-state index contributed by atoms with van der Waals surface area (Å²) in [6.07, 6.45) is -3.93. The van der Waals surface area contributed by atoms with Gasteiger partial charge in [0.25, 0.3) is 0 Å². The molecule has 16 heavy (non-hydrogen) atoms. The average Bonchev–Trinajstić information content (AvgIpc) is 2.57. The number of ether oxygens (including phenoxy) is 1. The lowest BCUT2D eigenvalue weighted by molar-refractivity contribution is -0.160. The summed E-state index contributed by atoms with van der Waals surface area (Å²) < 4.78 is 39.0. The first-order valence-corrected chi connectivity index (χ1v) is 5.02. The van der Waals surface area contributed by atoms with Crippen molar-refractivity contribution in [2.45, 2.75) is 31.5 Å². The van der Waals surface area contributed by atoms with Crippen LogP contribution in [0.5, 0.6) is 0 Å². The van der Waals surface area contributed by atoms with Gasteiger partial charge < -0.3 is 15.2 Å². The molecule has 0 saturated heterocycles. The van der Waals surface area contributed by atoms with Crippen molar-refractivity contribution in [1.82, 2.24) is 5.32 Å². The van der Waals surface area contributed by atoms with E-state index in [0.29, 0.717) is 12.8 Å². The van der Waals surface area contributed by atoms with Crippen LogP contribution in [0.15, 0.2) is 0 Å². The highest BCUT2D eigenvalue weighted by Crippen LogP contribution is 2.24. The van der Waals surface area contributed by atoms with Gasteiger partial charge in [0.05, 0.1) is 6.10 Å². The van der Waals surface area contributed by atoms with Gasteiger partial charge in [-0.3, -0.25) is 0 Å². The lowest BCUT2D eigenvalue weighted by Crippen LogP contribution is -2.32. The van der Waals surface area contributed by atoms with Gasteiger partial charge in [-0.25, -0.2) is 4.79 Å². The SMILES string of the molecule is O=C(NCC1CCC(O)C1)OCC(F)(F)F. The van der Waals surface area contributed by atoms with Gasteiger partial charge in [-0.05, 0) is 25.2 Å². The van der Waals surface area contributed by atoms with Crippen molar-refractivity contribution in [3.63, 3.8) is 0 Å². The minimum atomic E-state index is -4.50. The minimum absolute atomic E-state index is 0.119. The maximum atomic E-state index is 11.7. The van der Waals surface area contributed by atoms with E-state index in [4.69, 9.17) is 0 Å². The van der Waals surface area contributed by atoms with Gasteiger partial charge in [0.2, 0.25) is 0 Å². The van der Waals surface area contributed by atoms with E-state index in [2.05, 4.69) is 10.1 Å². The molecular formula is C9H14F3NO3. The molecular weight excluding hydrogens is 227 g/mol. The van der Waals surface area contributed by atoms with E-state index in [1.54, 1.807) is 0 Å². The lowest BCUT2D eigenvalue weighted by Gasteiger charge is -2.12. The van der Waals surface area contributed by atoms with Crippen LogP contribution in [0.1, 0.15) is 19.3 Å². The second-order valence-electron chi connectivity index (χ2n) is 3.91. The molecule has 2 atom stereocenters. The number of hydrogen-bond donors (Lipinski definition) is 2. The number of alkyl carbamates (subject to hydrolysis) is 1.